The number of rotatable bonds is 12. The molecule has 342 valence electrons. The van der Waals surface area contributed by atoms with Crippen LogP contribution in [0.25, 0.3) is 27.7 Å². The zero-order valence-corrected chi connectivity index (χ0v) is 40.0. The molecule has 1 aliphatic rings. The molecule has 3 aromatic carbocycles. The Morgan fingerprint density at radius 1 is 1.00 bits per heavy atom. The Hall–Kier alpha value is -6.28. The third-order valence-corrected chi connectivity index (χ3v) is 11.8. The number of hydrogen-bond acceptors (Lipinski definition) is 9. The first kappa shape index (κ1) is 47.7. The molecule has 6 N–H and O–H groups in total. The van der Waals surface area contributed by atoms with Crippen molar-refractivity contribution in [2.24, 2.45) is 7.05 Å². The minimum Gasteiger partial charge on any atom is -0.394 e. The van der Waals surface area contributed by atoms with Gasteiger partial charge in [0.1, 0.15) is 28.5 Å². The number of carbonyl (C=O) groups excluding carboxylic acids is 2. The summed E-state index contributed by atoms with van der Waals surface area (Å²) < 4.78 is 19.3. The van der Waals surface area contributed by atoms with E-state index in [1.807, 2.05) is 42.5 Å². The summed E-state index contributed by atoms with van der Waals surface area (Å²) in [5, 5.41) is 22.5. The number of aromatic amines is 1. The van der Waals surface area contributed by atoms with Crippen molar-refractivity contribution in [1.82, 2.24) is 29.0 Å². The van der Waals surface area contributed by atoms with Crippen molar-refractivity contribution >= 4 is 91.5 Å². The molecule has 4 aromatic heterocycles. The zero-order chi connectivity index (χ0) is 47.6. The minimum atomic E-state index is -0.581. The molecule has 0 saturated heterocycles. The van der Waals surface area contributed by atoms with Crippen molar-refractivity contribution in [2.45, 2.75) is 58.7 Å². The molecule has 1 fully saturated rings. The molecule has 4 heterocycles. The van der Waals surface area contributed by atoms with Crippen molar-refractivity contribution in [1.29, 1.82) is 0 Å². The molecule has 66 heavy (non-hydrogen) atoms. The number of aromatic nitrogens is 5. The van der Waals surface area contributed by atoms with Gasteiger partial charge in [-0.1, -0.05) is 41.4 Å². The predicted molar refractivity (Wildman–Crippen MR) is 265 cm³/mol. The first-order chi connectivity index (χ1) is 31.4. The molecule has 19 heteroatoms. The highest BCUT2D eigenvalue weighted by Gasteiger charge is 2.32. The van der Waals surface area contributed by atoms with Crippen molar-refractivity contribution in [3.05, 3.63) is 159 Å². The number of pyridine rings is 2. The second-order valence-corrected chi connectivity index (χ2v) is 18.1. The Morgan fingerprint density at radius 3 is 2.41 bits per heavy atom. The molecule has 8 rings (SSSR count). The van der Waals surface area contributed by atoms with E-state index < -0.39 is 28.7 Å². The van der Waals surface area contributed by atoms with Gasteiger partial charge in [0.2, 0.25) is 5.91 Å². The predicted octanol–water partition coefficient (Wildman–Crippen LogP) is 8.61. The van der Waals surface area contributed by atoms with Gasteiger partial charge in [0, 0.05) is 69.4 Å². The summed E-state index contributed by atoms with van der Waals surface area (Å²) in [5.41, 5.74) is 2.25. The van der Waals surface area contributed by atoms with Crippen LogP contribution in [0.1, 0.15) is 67.3 Å². The van der Waals surface area contributed by atoms with Crippen LogP contribution in [0.3, 0.4) is 0 Å². The molecule has 0 aliphatic heterocycles. The number of halogens is 4. The van der Waals surface area contributed by atoms with Gasteiger partial charge in [-0.2, -0.15) is 0 Å². The van der Waals surface area contributed by atoms with E-state index in [1.54, 1.807) is 80.0 Å². The fourth-order valence-corrected chi connectivity index (χ4v) is 8.27. The SMILES string of the molecule is CC(=O)Nc1cccc(-n2c(=O)n(C3CC3)c(=O)c3c(Nc4ccc(I)cc4F)n(C)c(=O)c(C)c32)c1.CC(C)Nc1cc(-c2c[nH]c(C(=O)N[C@H](CO)c3cccc(Cl)c3)c2)c(Cl)cn1. The van der Waals surface area contributed by atoms with Crippen LogP contribution in [0.15, 0.2) is 106 Å². The van der Waals surface area contributed by atoms with E-state index in [4.69, 9.17) is 23.2 Å². The van der Waals surface area contributed by atoms with E-state index in [0.717, 1.165) is 16.7 Å². The maximum Gasteiger partial charge on any atom is 0.336 e. The zero-order valence-electron chi connectivity index (χ0n) is 36.3. The molecule has 1 atom stereocenters. The van der Waals surface area contributed by atoms with Gasteiger partial charge in [-0.05, 0) is 122 Å². The third kappa shape index (κ3) is 10.4. The quantitative estimate of drug-likeness (QED) is 0.0650. The van der Waals surface area contributed by atoms with Crippen LogP contribution in [0, 0.1) is 16.3 Å². The van der Waals surface area contributed by atoms with Crippen LogP contribution in [-0.2, 0) is 11.8 Å². The Kier molecular flexibility index (Phi) is 14.5. The first-order valence-corrected chi connectivity index (χ1v) is 22.6. The number of aryl methyl sites for hydroxylation is 1. The summed E-state index contributed by atoms with van der Waals surface area (Å²) in [6.45, 7) is 6.71. The standard InChI is InChI=1S/C26H23FIN5O4.C21H22Cl2N4O2/c1-13-22-21(23(31(3)24(13)35)30-20-10-7-15(28)11-19(20)27)25(36)33(17-8-9-17)26(37)32(22)18-6-4-5-16(12-18)29-14(2)34;1-12(2)26-20-8-16(17(23)10-25-20)14-7-18(24-9-14)21(29)27-19(11-28)13-4-3-5-15(22)6-13/h4-7,10-12,17,30H,8-9H2,1-3H3,(H,29,34);3-10,12,19,24,28H,11H2,1-2H3,(H,25,26)(H,27,29)/t;19-/m.1/s1. The number of benzene rings is 3. The van der Waals surface area contributed by atoms with Crippen molar-refractivity contribution in [3.63, 3.8) is 0 Å². The summed E-state index contributed by atoms with van der Waals surface area (Å²) in [6, 6.07) is 21.1. The van der Waals surface area contributed by atoms with E-state index in [1.165, 1.54) is 39.8 Å². The maximum atomic E-state index is 14.8. The molecule has 0 bridgehead atoms. The highest BCUT2D eigenvalue weighted by atomic mass is 127. The molecular weight excluding hydrogens is 1000 g/mol. The number of carbonyl (C=O) groups is 2. The number of aliphatic hydroxyl groups is 1. The molecule has 2 amide bonds. The minimum absolute atomic E-state index is 0.0804. The lowest BCUT2D eigenvalue weighted by molar-refractivity contribution is -0.114. The van der Waals surface area contributed by atoms with Gasteiger partial charge in [-0.3, -0.25) is 32.9 Å². The van der Waals surface area contributed by atoms with E-state index >= 15 is 0 Å². The smallest absolute Gasteiger partial charge is 0.336 e. The Bertz CT molecular complexity index is 3200. The molecule has 0 spiro atoms. The number of aliphatic hydroxyl groups excluding tert-OH is 1. The lowest BCUT2D eigenvalue weighted by Crippen LogP contribution is -2.41. The van der Waals surface area contributed by atoms with Gasteiger partial charge in [0.25, 0.3) is 17.0 Å². The fourth-order valence-electron chi connectivity index (χ4n) is 7.41. The molecule has 0 radical (unpaired) electrons. The van der Waals surface area contributed by atoms with Crippen LogP contribution in [-0.4, -0.2) is 53.2 Å². The summed E-state index contributed by atoms with van der Waals surface area (Å²) in [6.07, 6.45) is 4.63. The largest absolute Gasteiger partial charge is 0.394 e. The Balaban J connectivity index is 0.000000203. The van der Waals surface area contributed by atoms with Crippen molar-refractivity contribution in [2.75, 3.05) is 22.6 Å². The van der Waals surface area contributed by atoms with Crippen molar-refractivity contribution in [3.8, 4) is 16.8 Å². The molecule has 1 saturated carbocycles. The summed E-state index contributed by atoms with van der Waals surface area (Å²) in [7, 11) is 1.50. The molecule has 0 unspecified atom stereocenters. The van der Waals surface area contributed by atoms with E-state index in [2.05, 4.69) is 31.2 Å². The van der Waals surface area contributed by atoms with Gasteiger partial charge in [0.15, 0.2) is 0 Å². The lowest BCUT2D eigenvalue weighted by atomic mass is 10.1. The number of amides is 2. The number of fused-ring (bicyclic) bond motifs is 1. The maximum absolute atomic E-state index is 14.8. The molecular formula is C47H45Cl2FIN9O6. The number of hydrogen-bond donors (Lipinski definition) is 6. The van der Waals surface area contributed by atoms with Crippen LogP contribution in [0.5, 0.6) is 0 Å². The van der Waals surface area contributed by atoms with Crippen LogP contribution >= 0.6 is 45.8 Å². The highest BCUT2D eigenvalue weighted by molar-refractivity contribution is 14.1. The van der Waals surface area contributed by atoms with Crippen LogP contribution in [0.4, 0.5) is 27.4 Å². The summed E-state index contributed by atoms with van der Waals surface area (Å²) in [5.74, 6) is -0.397. The van der Waals surface area contributed by atoms with Gasteiger partial charge >= 0.3 is 5.69 Å². The number of nitrogens with zero attached hydrogens (tertiary/aromatic N) is 4. The van der Waals surface area contributed by atoms with E-state index in [-0.39, 0.29) is 58.5 Å². The van der Waals surface area contributed by atoms with Gasteiger partial charge in [0.05, 0.1) is 34.6 Å². The Labute approximate surface area is 401 Å². The number of nitrogens with one attached hydrogen (secondary N) is 5. The summed E-state index contributed by atoms with van der Waals surface area (Å²) >= 11 is 14.3. The monoisotopic (exact) mass is 1050 g/mol. The highest BCUT2D eigenvalue weighted by Crippen LogP contribution is 2.35. The Morgan fingerprint density at radius 2 is 1.74 bits per heavy atom. The third-order valence-electron chi connectivity index (χ3n) is 10.6. The van der Waals surface area contributed by atoms with Crippen LogP contribution in [0.2, 0.25) is 10.0 Å². The second-order valence-electron chi connectivity index (χ2n) is 16.0. The van der Waals surface area contributed by atoms with Gasteiger partial charge < -0.3 is 31.4 Å². The van der Waals surface area contributed by atoms with E-state index in [9.17, 15) is 33.5 Å². The van der Waals surface area contributed by atoms with Gasteiger partial charge in [-0.25, -0.2) is 14.2 Å². The second kappa shape index (κ2) is 20.1. The van der Waals surface area contributed by atoms with E-state index in [0.29, 0.717) is 49.3 Å². The number of H-pyrrole nitrogens is 1. The fraction of sp³-hybridized carbons (Fsp3) is 0.234. The molecule has 1 aliphatic carbocycles. The van der Waals surface area contributed by atoms with Crippen LogP contribution < -0.4 is 38.1 Å². The average Bonchev–Trinajstić information content (AvgIpc) is 3.98. The van der Waals surface area contributed by atoms with Crippen molar-refractivity contribution < 1.29 is 19.1 Å². The lowest BCUT2D eigenvalue weighted by Gasteiger charge is -2.21. The van der Waals surface area contributed by atoms with Gasteiger partial charge in [-0.15, -0.1) is 0 Å². The topological polar surface area (TPSA) is 197 Å². The first-order valence-electron chi connectivity index (χ1n) is 20.7. The normalized spacial score (nSPS) is 12.7. The summed E-state index contributed by atoms with van der Waals surface area (Å²) in [4.78, 5) is 72.5. The number of anilines is 4. The molecule has 15 nitrogen and oxygen atoms in total. The average molecular weight is 1050 g/mol. The molecule has 7 aromatic rings.